The molecule has 0 fully saturated rings. The van der Waals surface area contributed by atoms with Crippen LogP contribution in [0.1, 0.15) is 84.5 Å². The van der Waals surface area contributed by atoms with Crippen molar-refractivity contribution in [3.8, 4) is 0 Å². The maximum atomic E-state index is 12.0. The van der Waals surface area contributed by atoms with Crippen molar-refractivity contribution in [2.24, 2.45) is 0 Å². The van der Waals surface area contributed by atoms with Crippen LogP contribution in [0.3, 0.4) is 0 Å². The molecule has 1 aliphatic rings. The Hall–Kier alpha value is -1.89. The number of unbranched alkanes of at least 4 members (excludes halogenated alkanes) is 9. The van der Waals surface area contributed by atoms with E-state index in [-0.39, 0.29) is 12.0 Å². The van der Waals surface area contributed by atoms with Crippen molar-refractivity contribution in [3.05, 3.63) is 11.6 Å². The Bertz CT molecular complexity index is 527. The lowest BCUT2D eigenvalue weighted by molar-refractivity contribution is -0.156. The Morgan fingerprint density at radius 2 is 1.64 bits per heavy atom. The van der Waals surface area contributed by atoms with E-state index in [0.717, 1.165) is 25.3 Å². The van der Waals surface area contributed by atoms with Crippen molar-refractivity contribution in [3.63, 3.8) is 0 Å². The SMILES string of the molecule is CCCCCCCCCCCCOC(=O)CC(OC(C)=O)C1=CC(=O)OC1O. The number of hydrogen-bond donors (Lipinski definition) is 1. The molecule has 1 aliphatic heterocycles. The first kappa shape index (κ1) is 24.1. The highest BCUT2D eigenvalue weighted by Crippen LogP contribution is 2.22. The Kier molecular flexibility index (Phi) is 12.2. The molecule has 1 rings (SSSR count). The molecule has 1 heterocycles. The fourth-order valence-corrected chi connectivity index (χ4v) is 3.09. The van der Waals surface area contributed by atoms with Gasteiger partial charge in [0.25, 0.3) is 0 Å². The van der Waals surface area contributed by atoms with E-state index in [1.807, 2.05) is 0 Å². The topological polar surface area (TPSA) is 99.1 Å². The first-order valence-electron chi connectivity index (χ1n) is 10.4. The summed E-state index contributed by atoms with van der Waals surface area (Å²) in [5, 5.41) is 9.68. The number of rotatable bonds is 15. The lowest BCUT2D eigenvalue weighted by atomic mass is 10.1. The molecular formula is C21H34O7. The van der Waals surface area contributed by atoms with E-state index in [4.69, 9.17) is 9.47 Å². The Balaban J connectivity index is 2.17. The highest BCUT2D eigenvalue weighted by atomic mass is 16.6. The Morgan fingerprint density at radius 1 is 1.07 bits per heavy atom. The number of cyclic esters (lactones) is 1. The zero-order valence-electron chi connectivity index (χ0n) is 17.1. The number of carbonyl (C=O) groups is 3. The third kappa shape index (κ3) is 10.4. The van der Waals surface area contributed by atoms with Gasteiger partial charge in [0.1, 0.15) is 6.10 Å². The van der Waals surface area contributed by atoms with Crippen LogP contribution in [-0.2, 0) is 28.6 Å². The van der Waals surface area contributed by atoms with E-state index >= 15 is 0 Å². The van der Waals surface area contributed by atoms with Crippen LogP contribution >= 0.6 is 0 Å². The van der Waals surface area contributed by atoms with Crippen molar-refractivity contribution in [1.82, 2.24) is 0 Å². The second-order valence-corrected chi connectivity index (χ2v) is 7.14. The van der Waals surface area contributed by atoms with Gasteiger partial charge in [0, 0.05) is 18.6 Å². The summed E-state index contributed by atoms with van der Waals surface area (Å²) in [6, 6.07) is 0. The number of ether oxygens (including phenoxy) is 3. The summed E-state index contributed by atoms with van der Waals surface area (Å²) < 4.78 is 14.8. The van der Waals surface area contributed by atoms with Gasteiger partial charge in [-0.25, -0.2) is 4.79 Å². The Morgan fingerprint density at radius 3 is 2.14 bits per heavy atom. The van der Waals surface area contributed by atoms with Crippen LogP contribution in [0.5, 0.6) is 0 Å². The number of hydrogen-bond acceptors (Lipinski definition) is 7. The van der Waals surface area contributed by atoms with Gasteiger partial charge in [0.05, 0.1) is 13.0 Å². The van der Waals surface area contributed by atoms with Gasteiger partial charge in [0.2, 0.25) is 6.29 Å². The van der Waals surface area contributed by atoms with E-state index in [2.05, 4.69) is 11.7 Å². The minimum atomic E-state index is -1.51. The zero-order valence-corrected chi connectivity index (χ0v) is 17.1. The van der Waals surface area contributed by atoms with E-state index in [9.17, 15) is 19.5 Å². The summed E-state index contributed by atoms with van der Waals surface area (Å²) in [4.78, 5) is 34.4. The number of carbonyl (C=O) groups excluding carboxylic acids is 3. The van der Waals surface area contributed by atoms with Crippen LogP contribution in [0.4, 0.5) is 0 Å². The Labute approximate surface area is 167 Å². The van der Waals surface area contributed by atoms with Crippen molar-refractivity contribution in [1.29, 1.82) is 0 Å². The van der Waals surface area contributed by atoms with Crippen molar-refractivity contribution >= 4 is 17.9 Å². The maximum absolute atomic E-state index is 12.0. The minimum Gasteiger partial charge on any atom is -0.466 e. The third-order valence-corrected chi connectivity index (χ3v) is 4.59. The maximum Gasteiger partial charge on any atom is 0.333 e. The highest BCUT2D eigenvalue weighted by Gasteiger charge is 2.34. The van der Waals surface area contributed by atoms with Crippen molar-refractivity contribution < 1.29 is 33.7 Å². The molecule has 28 heavy (non-hydrogen) atoms. The molecule has 0 aromatic heterocycles. The summed E-state index contributed by atoms with van der Waals surface area (Å²) >= 11 is 0. The van der Waals surface area contributed by atoms with Gasteiger partial charge in [-0.05, 0) is 6.42 Å². The molecule has 0 aromatic carbocycles. The summed E-state index contributed by atoms with van der Waals surface area (Å²) in [5.74, 6) is -1.91. The largest absolute Gasteiger partial charge is 0.466 e. The molecule has 2 unspecified atom stereocenters. The molecule has 0 spiro atoms. The minimum absolute atomic E-state index is 0.0519. The van der Waals surface area contributed by atoms with Crippen LogP contribution in [0.25, 0.3) is 0 Å². The summed E-state index contributed by atoms with van der Waals surface area (Å²) in [7, 11) is 0. The van der Waals surface area contributed by atoms with Gasteiger partial charge >= 0.3 is 17.9 Å². The molecule has 160 valence electrons. The second kappa shape index (κ2) is 14.2. The normalized spacial score (nSPS) is 17.0. The van der Waals surface area contributed by atoms with Crippen LogP contribution < -0.4 is 0 Å². The predicted octanol–water partition coefficient (Wildman–Crippen LogP) is 3.57. The standard InChI is InChI=1S/C21H34O7/c1-3-4-5-6-7-8-9-10-11-12-13-26-19(23)15-18(27-16(2)22)17-14-20(24)28-21(17)25/h14,18,21,25H,3-13,15H2,1-2H3. The van der Waals surface area contributed by atoms with Crippen molar-refractivity contribution in [2.75, 3.05) is 6.61 Å². The summed E-state index contributed by atoms with van der Waals surface area (Å²) in [6.07, 6.45) is 10.1. The fourth-order valence-electron chi connectivity index (χ4n) is 3.09. The monoisotopic (exact) mass is 398 g/mol. The zero-order chi connectivity index (χ0) is 20.8. The summed E-state index contributed by atoms with van der Waals surface area (Å²) in [5.41, 5.74) is 0.0519. The van der Waals surface area contributed by atoms with Gasteiger partial charge in [-0.1, -0.05) is 64.7 Å². The van der Waals surface area contributed by atoms with E-state index < -0.39 is 30.3 Å². The van der Waals surface area contributed by atoms with Crippen LogP contribution in [0.15, 0.2) is 11.6 Å². The molecule has 0 radical (unpaired) electrons. The first-order chi connectivity index (χ1) is 13.4. The van der Waals surface area contributed by atoms with Crippen LogP contribution in [-0.4, -0.2) is 42.0 Å². The molecule has 0 bridgehead atoms. The average molecular weight is 398 g/mol. The molecule has 0 saturated carbocycles. The van der Waals surface area contributed by atoms with Crippen LogP contribution in [0.2, 0.25) is 0 Å². The molecule has 7 nitrogen and oxygen atoms in total. The molecule has 0 saturated heterocycles. The van der Waals surface area contributed by atoms with Gasteiger partial charge in [-0.15, -0.1) is 0 Å². The molecule has 0 amide bonds. The van der Waals surface area contributed by atoms with Gasteiger partial charge < -0.3 is 19.3 Å². The fraction of sp³-hybridized carbons (Fsp3) is 0.762. The van der Waals surface area contributed by atoms with E-state index in [1.54, 1.807) is 0 Å². The quantitative estimate of drug-likeness (QED) is 0.256. The van der Waals surface area contributed by atoms with Gasteiger partial charge in [-0.2, -0.15) is 0 Å². The molecule has 2 atom stereocenters. The molecule has 1 N–H and O–H groups in total. The van der Waals surface area contributed by atoms with E-state index in [0.29, 0.717) is 6.61 Å². The summed E-state index contributed by atoms with van der Waals surface area (Å²) in [6.45, 7) is 3.71. The van der Waals surface area contributed by atoms with Gasteiger partial charge in [0.15, 0.2) is 0 Å². The smallest absolute Gasteiger partial charge is 0.333 e. The lowest BCUT2D eigenvalue weighted by Crippen LogP contribution is -2.28. The molecule has 7 heteroatoms. The second-order valence-electron chi connectivity index (χ2n) is 7.14. The van der Waals surface area contributed by atoms with E-state index in [1.165, 1.54) is 51.9 Å². The predicted molar refractivity (Wildman–Crippen MR) is 103 cm³/mol. The number of esters is 3. The molecule has 0 aliphatic carbocycles. The highest BCUT2D eigenvalue weighted by molar-refractivity contribution is 5.86. The molecule has 0 aromatic rings. The lowest BCUT2D eigenvalue weighted by Gasteiger charge is -2.19. The third-order valence-electron chi connectivity index (χ3n) is 4.59. The first-order valence-corrected chi connectivity index (χ1v) is 10.4. The van der Waals surface area contributed by atoms with Gasteiger partial charge in [-0.3, -0.25) is 9.59 Å². The van der Waals surface area contributed by atoms with Crippen LogP contribution in [0, 0.1) is 0 Å². The van der Waals surface area contributed by atoms with Crippen molar-refractivity contribution in [2.45, 2.75) is 96.9 Å². The average Bonchev–Trinajstić information content (AvgIpc) is 2.97. The number of aliphatic hydroxyl groups is 1. The number of aliphatic hydroxyl groups excluding tert-OH is 1. The molecular weight excluding hydrogens is 364 g/mol.